The third kappa shape index (κ3) is 3.57. The van der Waals surface area contributed by atoms with Crippen molar-refractivity contribution in [3.63, 3.8) is 0 Å². The van der Waals surface area contributed by atoms with E-state index < -0.39 is 17.8 Å². The van der Waals surface area contributed by atoms with Gasteiger partial charge < -0.3 is 10.4 Å². The molecule has 0 aliphatic carbocycles. The van der Waals surface area contributed by atoms with Gasteiger partial charge in [-0.05, 0) is 36.6 Å². The Balaban J connectivity index is 1.98. The van der Waals surface area contributed by atoms with E-state index in [-0.39, 0.29) is 17.3 Å². The van der Waals surface area contributed by atoms with Crippen LogP contribution in [0.25, 0.3) is 17.0 Å². The van der Waals surface area contributed by atoms with Crippen molar-refractivity contribution in [1.29, 1.82) is 0 Å². The van der Waals surface area contributed by atoms with E-state index in [2.05, 4.69) is 20.6 Å². The summed E-state index contributed by atoms with van der Waals surface area (Å²) in [6, 6.07) is 8.73. The Hall–Kier alpha value is -3.03. The molecule has 2 N–H and O–H groups in total. The Labute approximate surface area is 143 Å². The van der Waals surface area contributed by atoms with Gasteiger partial charge in [0.15, 0.2) is 11.5 Å². The number of fused-ring (bicyclic) bond motifs is 1. The molecule has 0 bridgehead atoms. The van der Waals surface area contributed by atoms with Gasteiger partial charge in [0.25, 0.3) is 0 Å². The van der Waals surface area contributed by atoms with E-state index in [9.17, 15) is 14.3 Å². The smallest absolute Gasteiger partial charge is 0.326 e. The van der Waals surface area contributed by atoms with Crippen molar-refractivity contribution in [3.05, 3.63) is 42.2 Å². The molecular weight excluding hydrogens is 325 g/mol. The van der Waals surface area contributed by atoms with Gasteiger partial charge >= 0.3 is 5.97 Å². The fourth-order valence-corrected chi connectivity index (χ4v) is 2.55. The normalized spacial score (nSPS) is 12.5. The monoisotopic (exact) mass is 343 g/mol. The molecule has 1 unspecified atom stereocenters. The van der Waals surface area contributed by atoms with Crippen LogP contribution in [0.15, 0.2) is 36.4 Å². The van der Waals surface area contributed by atoms with Crippen molar-refractivity contribution >= 4 is 17.4 Å². The van der Waals surface area contributed by atoms with Crippen LogP contribution in [-0.2, 0) is 4.79 Å². The number of hydrogen-bond donors (Lipinski definition) is 2. The van der Waals surface area contributed by atoms with E-state index in [1.54, 1.807) is 30.3 Å². The summed E-state index contributed by atoms with van der Waals surface area (Å²) in [5.41, 5.74) is 0.719. The van der Waals surface area contributed by atoms with Crippen LogP contribution in [-0.4, -0.2) is 36.9 Å². The summed E-state index contributed by atoms with van der Waals surface area (Å²) in [6.45, 7) is 3.90. The van der Waals surface area contributed by atoms with Crippen LogP contribution in [0, 0.1) is 11.7 Å². The van der Waals surface area contributed by atoms with Crippen LogP contribution in [0.1, 0.15) is 20.3 Å². The summed E-state index contributed by atoms with van der Waals surface area (Å²) < 4.78 is 15.4. The molecule has 0 aliphatic heterocycles. The Kier molecular flexibility index (Phi) is 4.60. The topological polar surface area (TPSA) is 92.4 Å². The zero-order valence-electron chi connectivity index (χ0n) is 13.8. The van der Waals surface area contributed by atoms with Crippen LogP contribution in [0.4, 0.5) is 10.2 Å². The van der Waals surface area contributed by atoms with Crippen LogP contribution in [0.5, 0.6) is 0 Å². The first-order valence-electron chi connectivity index (χ1n) is 7.92. The molecule has 1 atom stereocenters. The Morgan fingerprint density at radius 2 is 2.00 bits per heavy atom. The van der Waals surface area contributed by atoms with Gasteiger partial charge in [-0.2, -0.15) is 4.52 Å². The first-order chi connectivity index (χ1) is 12.0. The van der Waals surface area contributed by atoms with Crippen LogP contribution < -0.4 is 5.32 Å². The molecule has 0 saturated carbocycles. The number of nitrogens with one attached hydrogen (secondary N) is 1. The molecule has 8 heteroatoms. The molecule has 7 nitrogen and oxygen atoms in total. The van der Waals surface area contributed by atoms with Crippen molar-refractivity contribution < 1.29 is 14.3 Å². The van der Waals surface area contributed by atoms with Gasteiger partial charge in [0.1, 0.15) is 17.7 Å². The van der Waals surface area contributed by atoms with Gasteiger partial charge in [0.05, 0.1) is 5.56 Å². The lowest BCUT2D eigenvalue weighted by Gasteiger charge is -2.16. The Morgan fingerprint density at radius 3 is 2.68 bits per heavy atom. The highest BCUT2D eigenvalue weighted by Crippen LogP contribution is 2.21. The molecule has 0 aliphatic rings. The predicted molar refractivity (Wildman–Crippen MR) is 90.7 cm³/mol. The van der Waals surface area contributed by atoms with E-state index in [1.165, 1.54) is 10.6 Å². The highest BCUT2D eigenvalue weighted by Gasteiger charge is 2.20. The van der Waals surface area contributed by atoms with Crippen molar-refractivity contribution in [2.24, 2.45) is 5.92 Å². The summed E-state index contributed by atoms with van der Waals surface area (Å²) in [5.74, 6) is -0.555. The van der Waals surface area contributed by atoms with Gasteiger partial charge in [0, 0.05) is 0 Å². The molecule has 0 radical (unpaired) electrons. The fourth-order valence-electron chi connectivity index (χ4n) is 2.55. The largest absolute Gasteiger partial charge is 0.480 e. The Morgan fingerprint density at radius 1 is 1.24 bits per heavy atom. The molecule has 0 fully saturated rings. The molecule has 25 heavy (non-hydrogen) atoms. The van der Waals surface area contributed by atoms with Crippen LogP contribution in [0.2, 0.25) is 0 Å². The second-order valence-corrected chi connectivity index (χ2v) is 6.16. The maximum Gasteiger partial charge on any atom is 0.326 e. The zero-order chi connectivity index (χ0) is 18.0. The zero-order valence-corrected chi connectivity index (χ0v) is 13.8. The lowest BCUT2D eigenvalue weighted by Crippen LogP contribution is -2.31. The van der Waals surface area contributed by atoms with Gasteiger partial charge in [-0.3, -0.25) is 0 Å². The van der Waals surface area contributed by atoms with Gasteiger partial charge in [-0.15, -0.1) is 15.3 Å². The maximum absolute atomic E-state index is 14.0. The van der Waals surface area contributed by atoms with Gasteiger partial charge in [-0.1, -0.05) is 26.0 Å². The van der Waals surface area contributed by atoms with E-state index in [4.69, 9.17) is 0 Å². The number of aromatic nitrogens is 4. The third-order valence-corrected chi connectivity index (χ3v) is 3.70. The third-order valence-electron chi connectivity index (χ3n) is 3.70. The number of halogens is 1. The molecule has 1 aromatic carbocycles. The molecule has 130 valence electrons. The summed E-state index contributed by atoms with van der Waals surface area (Å²) in [5, 5.41) is 24.6. The van der Waals surface area contributed by atoms with Crippen molar-refractivity contribution in [2.45, 2.75) is 26.3 Å². The molecule has 3 rings (SSSR count). The number of benzene rings is 1. The molecule has 0 amide bonds. The summed E-state index contributed by atoms with van der Waals surface area (Å²) in [4.78, 5) is 11.4. The number of anilines is 1. The van der Waals surface area contributed by atoms with E-state index in [0.29, 0.717) is 17.9 Å². The van der Waals surface area contributed by atoms with Crippen LogP contribution >= 0.6 is 0 Å². The quantitative estimate of drug-likeness (QED) is 0.715. The number of carboxylic acids is 1. The van der Waals surface area contributed by atoms with E-state index in [0.717, 1.165) is 0 Å². The van der Waals surface area contributed by atoms with Gasteiger partial charge in [0.2, 0.25) is 0 Å². The average Bonchev–Trinajstić information content (AvgIpc) is 2.97. The number of aliphatic carboxylic acids is 1. The number of carbonyl (C=O) groups is 1. The van der Waals surface area contributed by atoms with Crippen molar-refractivity contribution in [2.75, 3.05) is 5.32 Å². The lowest BCUT2D eigenvalue weighted by atomic mass is 10.0. The summed E-state index contributed by atoms with van der Waals surface area (Å²) in [6.07, 6.45) is 0.456. The number of nitrogens with zero attached hydrogens (tertiary/aromatic N) is 4. The molecule has 3 aromatic rings. The minimum Gasteiger partial charge on any atom is -0.480 e. The number of hydrogen-bond acceptors (Lipinski definition) is 5. The molecule has 0 saturated heterocycles. The summed E-state index contributed by atoms with van der Waals surface area (Å²) >= 11 is 0. The van der Waals surface area contributed by atoms with Crippen LogP contribution in [0.3, 0.4) is 0 Å². The molecule has 0 spiro atoms. The predicted octanol–water partition coefficient (Wildman–Crippen LogP) is 2.84. The standard InChI is InChI=1S/C17H18FN5O2/c1-10(2)9-13(17(24)25)19-14-7-8-15-20-21-16(23(15)22-14)11-5-3-4-6-12(11)18/h3-8,10,13H,9H2,1-2H3,(H,19,22)(H,24,25). The van der Waals surface area contributed by atoms with Crippen molar-refractivity contribution in [1.82, 2.24) is 19.8 Å². The second-order valence-electron chi connectivity index (χ2n) is 6.16. The SMILES string of the molecule is CC(C)CC(Nc1ccc2nnc(-c3ccccc3F)n2n1)C(=O)O. The maximum atomic E-state index is 14.0. The first-order valence-corrected chi connectivity index (χ1v) is 7.92. The minimum atomic E-state index is -0.950. The average molecular weight is 343 g/mol. The number of rotatable bonds is 6. The first kappa shape index (κ1) is 16.8. The van der Waals surface area contributed by atoms with E-state index in [1.807, 2.05) is 13.8 Å². The lowest BCUT2D eigenvalue weighted by molar-refractivity contribution is -0.138. The number of carboxylic acid groups (broad SMARTS) is 1. The molecular formula is C17H18FN5O2. The molecule has 2 heterocycles. The second kappa shape index (κ2) is 6.84. The minimum absolute atomic E-state index is 0.209. The summed E-state index contributed by atoms with van der Waals surface area (Å²) in [7, 11) is 0. The highest BCUT2D eigenvalue weighted by molar-refractivity contribution is 5.76. The highest BCUT2D eigenvalue weighted by atomic mass is 19.1. The van der Waals surface area contributed by atoms with E-state index >= 15 is 0 Å². The Bertz CT molecular complexity index is 909. The van der Waals surface area contributed by atoms with Gasteiger partial charge in [-0.25, -0.2) is 9.18 Å². The molecule has 2 aromatic heterocycles. The fraction of sp³-hybridized carbons (Fsp3) is 0.294. The van der Waals surface area contributed by atoms with Crippen molar-refractivity contribution in [3.8, 4) is 11.4 Å².